The lowest BCUT2D eigenvalue weighted by atomic mass is 9.74. The highest BCUT2D eigenvalue weighted by molar-refractivity contribution is 6.11. The second-order valence-electron chi connectivity index (χ2n) is 14.1. The minimum Gasteiger partial charge on any atom is -0.508 e. The number of aromatic hydroxyl groups is 3. The number of rotatable bonds is 3. The number of fused-ring (bicyclic) bond motifs is 3. The van der Waals surface area contributed by atoms with Gasteiger partial charge >= 0.3 is 0 Å². The standard InChI is InChI=1S/C43H40N2O3/c1-21-17-38(48)42-24(4)45-16-14-30(42)39(21)35-20-33(34-18-25-7-5-8-28(35)43(25)34)31-19-32(27-9-6-10-36(46)40(27)22(31)2)26-11-12-37(47)41-23(3)44-15-13-29(26)41/h5-12,17,19-20,23-24,44-48H,13-16,18H2,1-4H3. The lowest BCUT2D eigenvalue weighted by molar-refractivity contribution is 0.442. The van der Waals surface area contributed by atoms with Gasteiger partial charge in [0.1, 0.15) is 17.2 Å². The topological polar surface area (TPSA) is 84.8 Å². The zero-order valence-corrected chi connectivity index (χ0v) is 27.9. The molecule has 9 rings (SSSR count). The lowest BCUT2D eigenvalue weighted by Crippen LogP contribution is -2.28. The first-order chi connectivity index (χ1) is 23.2. The maximum atomic E-state index is 11.4. The van der Waals surface area contributed by atoms with E-state index in [1.807, 2.05) is 18.2 Å². The largest absolute Gasteiger partial charge is 0.508 e. The Kier molecular flexibility index (Phi) is 6.46. The molecular weight excluding hydrogens is 592 g/mol. The van der Waals surface area contributed by atoms with E-state index in [0.29, 0.717) is 11.5 Å². The van der Waals surface area contributed by atoms with Gasteiger partial charge in [0.15, 0.2) is 0 Å². The summed E-state index contributed by atoms with van der Waals surface area (Å²) in [6.45, 7) is 10.2. The fourth-order valence-electron chi connectivity index (χ4n) is 9.30. The van der Waals surface area contributed by atoms with Crippen LogP contribution in [0.5, 0.6) is 17.2 Å². The summed E-state index contributed by atoms with van der Waals surface area (Å²) in [6.07, 6.45) is 2.58. The summed E-state index contributed by atoms with van der Waals surface area (Å²) >= 11 is 0. The van der Waals surface area contributed by atoms with Gasteiger partial charge in [-0.1, -0.05) is 36.4 Å². The summed E-state index contributed by atoms with van der Waals surface area (Å²) < 4.78 is 0. The van der Waals surface area contributed by atoms with E-state index in [1.165, 1.54) is 49.7 Å². The molecule has 0 amide bonds. The van der Waals surface area contributed by atoms with Gasteiger partial charge in [-0.2, -0.15) is 0 Å². The SMILES string of the molecule is Cc1cc(O)c2c(c1-c1cc(-c3cc(-c4ccc(O)c5c4CCNC5C)c4cccc(O)c4c3C)c3c4c(cccc14)C3)CCNC2C. The van der Waals surface area contributed by atoms with Crippen LogP contribution in [0.1, 0.15) is 70.4 Å². The molecule has 5 nitrogen and oxygen atoms in total. The second-order valence-corrected chi connectivity index (χ2v) is 14.1. The van der Waals surface area contributed by atoms with Crippen LogP contribution in [0.2, 0.25) is 0 Å². The molecule has 3 aliphatic rings. The monoisotopic (exact) mass is 632 g/mol. The van der Waals surface area contributed by atoms with Crippen molar-refractivity contribution in [2.45, 2.75) is 59.0 Å². The Bertz CT molecular complexity index is 2370. The lowest BCUT2D eigenvalue weighted by Gasteiger charge is -2.31. The third-order valence-electron chi connectivity index (χ3n) is 11.5. The third kappa shape index (κ3) is 4.04. The Balaban J connectivity index is 1.38. The summed E-state index contributed by atoms with van der Waals surface area (Å²) in [5.41, 5.74) is 16.2. The first-order valence-corrected chi connectivity index (χ1v) is 17.2. The van der Waals surface area contributed by atoms with Crippen molar-refractivity contribution >= 4 is 21.5 Å². The predicted molar refractivity (Wildman–Crippen MR) is 195 cm³/mol. The molecule has 5 heteroatoms. The van der Waals surface area contributed by atoms with Gasteiger partial charge in [-0.3, -0.25) is 0 Å². The van der Waals surface area contributed by atoms with Crippen molar-refractivity contribution in [1.82, 2.24) is 10.6 Å². The molecule has 0 radical (unpaired) electrons. The Labute approximate surface area is 280 Å². The summed E-state index contributed by atoms with van der Waals surface area (Å²) in [6, 6.07) is 23.2. The van der Waals surface area contributed by atoms with Crippen molar-refractivity contribution in [3.05, 3.63) is 111 Å². The molecule has 240 valence electrons. The molecule has 0 saturated heterocycles. The van der Waals surface area contributed by atoms with Gasteiger partial charge < -0.3 is 26.0 Å². The van der Waals surface area contributed by atoms with E-state index in [1.54, 1.807) is 6.07 Å². The normalized spacial score (nSPS) is 18.1. The van der Waals surface area contributed by atoms with Crippen molar-refractivity contribution in [1.29, 1.82) is 0 Å². The predicted octanol–water partition coefficient (Wildman–Crippen LogP) is 9.05. The van der Waals surface area contributed by atoms with Gasteiger partial charge in [-0.05, 0) is 173 Å². The minimum atomic E-state index is 0.0503. The Morgan fingerprint density at radius 3 is 2.02 bits per heavy atom. The Morgan fingerprint density at radius 2 is 1.25 bits per heavy atom. The molecule has 0 saturated carbocycles. The molecule has 2 heterocycles. The van der Waals surface area contributed by atoms with Crippen LogP contribution in [0.3, 0.4) is 0 Å². The van der Waals surface area contributed by atoms with E-state index in [-0.39, 0.29) is 17.8 Å². The molecule has 6 aromatic carbocycles. The molecule has 0 spiro atoms. The quantitative estimate of drug-likeness (QED) is 0.134. The van der Waals surface area contributed by atoms with Crippen LogP contribution in [-0.2, 0) is 19.3 Å². The van der Waals surface area contributed by atoms with Crippen LogP contribution in [0.4, 0.5) is 0 Å². The van der Waals surface area contributed by atoms with E-state index in [9.17, 15) is 15.3 Å². The Hall–Kier alpha value is -4.84. The van der Waals surface area contributed by atoms with Gasteiger partial charge in [0.25, 0.3) is 0 Å². The van der Waals surface area contributed by atoms with Crippen LogP contribution in [0.15, 0.2) is 66.7 Å². The molecule has 48 heavy (non-hydrogen) atoms. The van der Waals surface area contributed by atoms with Gasteiger partial charge in [-0.15, -0.1) is 0 Å². The number of phenolic OH excluding ortho intramolecular Hbond substituents is 3. The highest BCUT2D eigenvalue weighted by Gasteiger charge is 2.30. The summed E-state index contributed by atoms with van der Waals surface area (Å²) in [4.78, 5) is 0. The van der Waals surface area contributed by atoms with Gasteiger partial charge in [-0.25, -0.2) is 0 Å². The van der Waals surface area contributed by atoms with Crippen LogP contribution in [0, 0.1) is 13.8 Å². The maximum Gasteiger partial charge on any atom is 0.123 e. The zero-order valence-electron chi connectivity index (χ0n) is 27.9. The smallest absolute Gasteiger partial charge is 0.123 e. The van der Waals surface area contributed by atoms with E-state index in [4.69, 9.17) is 0 Å². The van der Waals surface area contributed by atoms with Gasteiger partial charge in [0.05, 0.1) is 0 Å². The van der Waals surface area contributed by atoms with Crippen LogP contribution in [0.25, 0.3) is 54.9 Å². The average Bonchev–Trinajstić information content (AvgIpc) is 3.04. The zero-order chi connectivity index (χ0) is 33.0. The van der Waals surface area contributed by atoms with Crippen LogP contribution >= 0.6 is 0 Å². The number of aryl methyl sites for hydroxylation is 2. The van der Waals surface area contributed by atoms with Gasteiger partial charge in [0, 0.05) is 28.6 Å². The van der Waals surface area contributed by atoms with E-state index in [2.05, 4.69) is 80.8 Å². The summed E-state index contributed by atoms with van der Waals surface area (Å²) in [5, 5.41) is 45.0. The molecule has 1 aliphatic carbocycles. The van der Waals surface area contributed by atoms with E-state index in [0.717, 1.165) is 82.1 Å². The molecule has 2 unspecified atom stereocenters. The number of benzene rings is 6. The number of phenols is 3. The third-order valence-corrected chi connectivity index (χ3v) is 11.5. The molecule has 6 aromatic rings. The van der Waals surface area contributed by atoms with Gasteiger partial charge in [0.2, 0.25) is 0 Å². The molecule has 5 N–H and O–H groups in total. The Morgan fingerprint density at radius 1 is 0.583 bits per heavy atom. The van der Waals surface area contributed by atoms with Crippen LogP contribution in [-0.4, -0.2) is 28.4 Å². The first kappa shape index (κ1) is 29.3. The molecular formula is C43H40N2O3. The highest BCUT2D eigenvalue weighted by atomic mass is 16.3. The van der Waals surface area contributed by atoms with Crippen molar-refractivity contribution < 1.29 is 15.3 Å². The van der Waals surface area contributed by atoms with Crippen molar-refractivity contribution in [2.75, 3.05) is 13.1 Å². The first-order valence-electron chi connectivity index (χ1n) is 17.2. The van der Waals surface area contributed by atoms with Crippen LogP contribution < -0.4 is 10.6 Å². The molecule has 2 atom stereocenters. The maximum absolute atomic E-state index is 11.4. The average molecular weight is 633 g/mol. The minimum absolute atomic E-state index is 0.0503. The molecule has 0 bridgehead atoms. The van der Waals surface area contributed by atoms with Crippen molar-refractivity contribution in [2.24, 2.45) is 0 Å². The molecule has 0 aromatic heterocycles. The van der Waals surface area contributed by atoms with Crippen molar-refractivity contribution in [3.63, 3.8) is 0 Å². The molecule has 2 aliphatic heterocycles. The summed E-state index contributed by atoms with van der Waals surface area (Å²) in [5.74, 6) is 0.974. The summed E-state index contributed by atoms with van der Waals surface area (Å²) in [7, 11) is 0. The van der Waals surface area contributed by atoms with E-state index >= 15 is 0 Å². The van der Waals surface area contributed by atoms with Crippen molar-refractivity contribution in [3.8, 4) is 50.6 Å². The second kappa shape index (κ2) is 10.6. The highest BCUT2D eigenvalue weighted by Crippen LogP contribution is 2.51. The number of nitrogens with one attached hydrogen (secondary N) is 2. The fraction of sp³-hybridized carbons (Fsp3) is 0.256. The fourth-order valence-corrected chi connectivity index (χ4v) is 9.30. The number of hydrogen-bond donors (Lipinski definition) is 5. The van der Waals surface area contributed by atoms with E-state index < -0.39 is 0 Å². The number of hydrogen-bond acceptors (Lipinski definition) is 5. The molecule has 0 fully saturated rings.